The van der Waals surface area contributed by atoms with E-state index in [0.717, 1.165) is 11.8 Å². The molecule has 8 heteroatoms. The topological polar surface area (TPSA) is 108 Å². The highest BCUT2D eigenvalue weighted by Gasteiger charge is 2.10. The molecule has 3 amide bonds. The van der Waals surface area contributed by atoms with E-state index in [-0.39, 0.29) is 17.5 Å². The Morgan fingerprint density at radius 3 is 2.70 bits per heavy atom. The van der Waals surface area contributed by atoms with Crippen LogP contribution in [0.2, 0.25) is 0 Å². The third kappa shape index (κ3) is 5.70. The number of aromatic carboxylic acids is 1. The van der Waals surface area contributed by atoms with Crippen LogP contribution in [0.3, 0.4) is 0 Å². The van der Waals surface area contributed by atoms with Crippen LogP contribution < -0.4 is 10.6 Å². The number of carbonyl (C=O) groups is 3. The number of carboxylic acids is 1. The number of rotatable bonds is 5. The lowest BCUT2D eigenvalue weighted by atomic mass is 10.3. The molecule has 0 saturated carbocycles. The Labute approximate surface area is 120 Å². The van der Waals surface area contributed by atoms with Crippen LogP contribution in [-0.2, 0) is 4.79 Å². The fourth-order valence-corrected chi connectivity index (χ4v) is 1.95. The monoisotopic (exact) mass is 297 g/mol. The molecule has 108 valence electrons. The number of aromatic nitrogens is 1. The summed E-state index contributed by atoms with van der Waals surface area (Å²) >= 11 is 1.13. The Morgan fingerprint density at radius 2 is 2.10 bits per heavy atom. The third-order valence-electron chi connectivity index (χ3n) is 1.99. The van der Waals surface area contributed by atoms with Crippen LogP contribution in [0.25, 0.3) is 0 Å². The molecule has 0 fully saturated rings. The normalized spacial score (nSPS) is 10.2. The Kier molecular flexibility index (Phi) is 5.98. The quantitative estimate of drug-likeness (QED) is 0.702. The Hall–Kier alpha value is -2.09. The molecule has 0 unspecified atom stereocenters. The van der Waals surface area contributed by atoms with Crippen LogP contribution in [0.1, 0.15) is 24.3 Å². The van der Waals surface area contributed by atoms with E-state index in [9.17, 15) is 14.4 Å². The van der Waals surface area contributed by atoms with Crippen molar-refractivity contribution in [3.8, 4) is 0 Å². The summed E-state index contributed by atoms with van der Waals surface area (Å²) in [7, 11) is 0. The van der Waals surface area contributed by atoms with Crippen molar-refractivity contribution >= 4 is 29.7 Å². The number of hydrogen-bond donors (Lipinski definition) is 3. The van der Waals surface area contributed by atoms with Gasteiger partial charge >= 0.3 is 12.0 Å². The van der Waals surface area contributed by atoms with Crippen LogP contribution in [0.4, 0.5) is 4.79 Å². The van der Waals surface area contributed by atoms with E-state index < -0.39 is 17.9 Å². The summed E-state index contributed by atoms with van der Waals surface area (Å²) in [6.45, 7) is 3.56. The van der Waals surface area contributed by atoms with Gasteiger partial charge in [-0.25, -0.2) is 14.6 Å². The molecule has 1 aromatic heterocycles. The SMILES string of the molecule is CC(C)NC(=O)NC(=O)CSc1ccnc(C(=O)O)c1. The lowest BCUT2D eigenvalue weighted by Crippen LogP contribution is -2.43. The maximum absolute atomic E-state index is 11.5. The third-order valence-corrected chi connectivity index (χ3v) is 2.99. The van der Waals surface area contributed by atoms with E-state index >= 15 is 0 Å². The number of urea groups is 1. The minimum atomic E-state index is -1.13. The van der Waals surface area contributed by atoms with Crippen molar-refractivity contribution in [1.82, 2.24) is 15.6 Å². The number of hydrogen-bond acceptors (Lipinski definition) is 5. The Bertz CT molecular complexity index is 519. The summed E-state index contributed by atoms with van der Waals surface area (Å²) < 4.78 is 0. The number of imide groups is 1. The van der Waals surface area contributed by atoms with Crippen molar-refractivity contribution in [3.05, 3.63) is 24.0 Å². The molecular weight excluding hydrogens is 282 g/mol. The van der Waals surface area contributed by atoms with Crippen LogP contribution in [-0.4, -0.2) is 39.8 Å². The number of thioether (sulfide) groups is 1. The van der Waals surface area contributed by atoms with Crippen molar-refractivity contribution in [1.29, 1.82) is 0 Å². The predicted molar refractivity (Wildman–Crippen MR) is 73.7 cm³/mol. The summed E-state index contributed by atoms with van der Waals surface area (Å²) in [4.78, 5) is 37.8. The number of nitrogens with one attached hydrogen (secondary N) is 2. The first-order valence-electron chi connectivity index (χ1n) is 5.81. The van der Waals surface area contributed by atoms with Gasteiger partial charge in [-0.05, 0) is 26.0 Å². The highest BCUT2D eigenvalue weighted by atomic mass is 32.2. The van der Waals surface area contributed by atoms with Crippen molar-refractivity contribution in [3.63, 3.8) is 0 Å². The molecule has 1 heterocycles. The average molecular weight is 297 g/mol. The van der Waals surface area contributed by atoms with Crippen molar-refractivity contribution < 1.29 is 19.5 Å². The molecule has 20 heavy (non-hydrogen) atoms. The van der Waals surface area contributed by atoms with Gasteiger partial charge in [0.25, 0.3) is 0 Å². The minimum Gasteiger partial charge on any atom is -0.477 e. The molecular formula is C12H15N3O4S. The fraction of sp³-hybridized carbons (Fsp3) is 0.333. The summed E-state index contributed by atoms with van der Waals surface area (Å²) in [5.74, 6) is -1.58. The second-order valence-electron chi connectivity index (χ2n) is 4.15. The summed E-state index contributed by atoms with van der Waals surface area (Å²) in [5.41, 5.74) is -0.0899. The van der Waals surface area contributed by atoms with E-state index in [2.05, 4.69) is 15.6 Å². The van der Waals surface area contributed by atoms with E-state index in [4.69, 9.17) is 5.11 Å². The van der Waals surface area contributed by atoms with Gasteiger partial charge in [-0.1, -0.05) is 0 Å². The van der Waals surface area contributed by atoms with Gasteiger partial charge in [0, 0.05) is 17.1 Å². The lowest BCUT2D eigenvalue weighted by molar-refractivity contribution is -0.117. The zero-order chi connectivity index (χ0) is 15.1. The highest BCUT2D eigenvalue weighted by Crippen LogP contribution is 2.17. The Morgan fingerprint density at radius 1 is 1.40 bits per heavy atom. The summed E-state index contributed by atoms with van der Waals surface area (Å²) in [5, 5.41) is 13.5. The number of carboxylic acid groups (broad SMARTS) is 1. The molecule has 0 atom stereocenters. The van der Waals surface area contributed by atoms with Gasteiger partial charge in [0.15, 0.2) is 0 Å². The van der Waals surface area contributed by atoms with E-state index in [1.165, 1.54) is 12.3 Å². The van der Waals surface area contributed by atoms with E-state index in [1.54, 1.807) is 19.9 Å². The van der Waals surface area contributed by atoms with Gasteiger partial charge in [-0.15, -0.1) is 11.8 Å². The second-order valence-corrected chi connectivity index (χ2v) is 5.20. The standard InChI is InChI=1S/C12H15N3O4S/c1-7(2)14-12(19)15-10(16)6-20-8-3-4-13-9(5-8)11(17)18/h3-5,7H,6H2,1-2H3,(H,17,18)(H2,14,15,16,19). The fourth-order valence-electron chi connectivity index (χ4n) is 1.23. The van der Waals surface area contributed by atoms with Crippen LogP contribution >= 0.6 is 11.8 Å². The van der Waals surface area contributed by atoms with Crippen molar-refractivity contribution in [2.75, 3.05) is 5.75 Å². The van der Waals surface area contributed by atoms with Gasteiger partial charge in [-0.3, -0.25) is 10.1 Å². The van der Waals surface area contributed by atoms with Gasteiger partial charge in [0.05, 0.1) is 5.75 Å². The molecule has 0 spiro atoms. The molecule has 3 N–H and O–H groups in total. The summed E-state index contributed by atoms with van der Waals surface area (Å²) in [6.07, 6.45) is 1.36. The molecule has 1 rings (SSSR count). The molecule has 0 aliphatic carbocycles. The molecule has 0 bridgehead atoms. The maximum atomic E-state index is 11.5. The lowest BCUT2D eigenvalue weighted by Gasteiger charge is -2.09. The largest absolute Gasteiger partial charge is 0.477 e. The first-order chi connectivity index (χ1) is 9.38. The van der Waals surface area contributed by atoms with E-state index in [0.29, 0.717) is 4.90 Å². The second kappa shape index (κ2) is 7.49. The molecule has 0 saturated heterocycles. The van der Waals surface area contributed by atoms with Crippen molar-refractivity contribution in [2.45, 2.75) is 24.8 Å². The number of pyridine rings is 1. The minimum absolute atomic E-state index is 0.00852. The molecule has 1 aromatic rings. The summed E-state index contributed by atoms with van der Waals surface area (Å²) in [6, 6.07) is 2.35. The zero-order valence-electron chi connectivity index (χ0n) is 11.0. The predicted octanol–water partition coefficient (Wildman–Crippen LogP) is 1.11. The van der Waals surface area contributed by atoms with Gasteiger partial charge < -0.3 is 10.4 Å². The molecule has 0 radical (unpaired) electrons. The van der Waals surface area contributed by atoms with Crippen LogP contribution in [0.5, 0.6) is 0 Å². The number of carbonyl (C=O) groups excluding carboxylic acids is 2. The average Bonchev–Trinajstić information content (AvgIpc) is 2.35. The molecule has 0 aromatic carbocycles. The van der Waals surface area contributed by atoms with Gasteiger partial charge in [-0.2, -0.15) is 0 Å². The van der Waals surface area contributed by atoms with Gasteiger partial charge in [0.2, 0.25) is 5.91 Å². The molecule has 0 aliphatic rings. The molecule has 0 aliphatic heterocycles. The van der Waals surface area contributed by atoms with Crippen LogP contribution in [0.15, 0.2) is 23.2 Å². The number of nitrogens with zero attached hydrogens (tertiary/aromatic N) is 1. The Balaban J connectivity index is 2.47. The zero-order valence-corrected chi connectivity index (χ0v) is 11.9. The number of amides is 3. The first-order valence-corrected chi connectivity index (χ1v) is 6.79. The smallest absolute Gasteiger partial charge is 0.354 e. The first kappa shape index (κ1) is 16.0. The van der Waals surface area contributed by atoms with Crippen molar-refractivity contribution in [2.24, 2.45) is 0 Å². The van der Waals surface area contributed by atoms with Gasteiger partial charge in [0.1, 0.15) is 5.69 Å². The molecule has 7 nitrogen and oxygen atoms in total. The van der Waals surface area contributed by atoms with Crippen LogP contribution in [0, 0.1) is 0 Å². The highest BCUT2D eigenvalue weighted by molar-refractivity contribution is 8.00. The van der Waals surface area contributed by atoms with E-state index in [1.807, 2.05) is 0 Å². The maximum Gasteiger partial charge on any atom is 0.354 e.